The van der Waals surface area contributed by atoms with Gasteiger partial charge in [-0.2, -0.15) is 0 Å². The van der Waals surface area contributed by atoms with E-state index < -0.39 is 0 Å². The van der Waals surface area contributed by atoms with E-state index >= 15 is 0 Å². The van der Waals surface area contributed by atoms with E-state index in [9.17, 15) is 4.79 Å². The van der Waals surface area contributed by atoms with Crippen molar-refractivity contribution in [3.8, 4) is 5.75 Å². The fourth-order valence-corrected chi connectivity index (χ4v) is 2.34. The fourth-order valence-electron chi connectivity index (χ4n) is 2.34. The Bertz CT molecular complexity index is 457. The molecule has 104 valence electrons. The largest absolute Gasteiger partial charge is 0.493 e. The number of fused-ring (bicyclic) bond motifs is 1. The molecule has 19 heavy (non-hydrogen) atoms. The van der Waals surface area contributed by atoms with Gasteiger partial charge in [0.25, 0.3) is 5.91 Å². The van der Waals surface area contributed by atoms with Gasteiger partial charge in [-0.15, -0.1) is 0 Å². The van der Waals surface area contributed by atoms with Crippen molar-refractivity contribution in [1.29, 1.82) is 0 Å². The number of hydrogen-bond donors (Lipinski definition) is 2. The summed E-state index contributed by atoms with van der Waals surface area (Å²) >= 11 is 0. The summed E-state index contributed by atoms with van der Waals surface area (Å²) in [7, 11) is 0. The predicted octanol–water partition coefficient (Wildman–Crippen LogP) is 1.72. The summed E-state index contributed by atoms with van der Waals surface area (Å²) < 4.78 is 5.42. The van der Waals surface area contributed by atoms with Crippen LogP contribution < -0.4 is 15.8 Å². The van der Waals surface area contributed by atoms with Crippen LogP contribution in [0.15, 0.2) is 18.2 Å². The van der Waals surface area contributed by atoms with Gasteiger partial charge < -0.3 is 15.8 Å². The predicted molar refractivity (Wildman–Crippen MR) is 75.4 cm³/mol. The van der Waals surface area contributed by atoms with Crippen LogP contribution in [0.2, 0.25) is 0 Å². The Morgan fingerprint density at radius 3 is 3.00 bits per heavy atom. The molecule has 1 unspecified atom stereocenters. The average molecular weight is 262 g/mol. The van der Waals surface area contributed by atoms with E-state index in [1.165, 1.54) is 0 Å². The highest BCUT2D eigenvalue weighted by Crippen LogP contribution is 2.25. The zero-order chi connectivity index (χ0) is 13.8. The highest BCUT2D eigenvalue weighted by molar-refractivity contribution is 5.94. The highest BCUT2D eigenvalue weighted by atomic mass is 16.5. The lowest BCUT2D eigenvalue weighted by Crippen LogP contribution is -2.38. The summed E-state index contributed by atoms with van der Waals surface area (Å²) in [5, 5.41) is 2.89. The van der Waals surface area contributed by atoms with Gasteiger partial charge in [-0.05, 0) is 36.1 Å². The molecule has 1 aromatic carbocycles. The van der Waals surface area contributed by atoms with Gasteiger partial charge in [0.1, 0.15) is 5.75 Å². The molecule has 0 bridgehead atoms. The fraction of sp³-hybridized carbons (Fsp3) is 0.533. The number of nitrogens with two attached hydrogens (primary N) is 1. The first-order valence-corrected chi connectivity index (χ1v) is 6.85. The van der Waals surface area contributed by atoms with Crippen molar-refractivity contribution in [2.24, 2.45) is 11.7 Å². The molecule has 0 fully saturated rings. The van der Waals surface area contributed by atoms with E-state index in [1.807, 2.05) is 12.1 Å². The molecule has 0 aliphatic carbocycles. The molecule has 1 aromatic rings. The lowest BCUT2D eigenvalue weighted by Gasteiger charge is -2.15. The molecular formula is C15H22N2O2. The summed E-state index contributed by atoms with van der Waals surface area (Å²) in [6.45, 7) is 5.48. The van der Waals surface area contributed by atoms with E-state index in [0.29, 0.717) is 24.6 Å². The Kier molecular flexibility index (Phi) is 4.43. The van der Waals surface area contributed by atoms with Crippen LogP contribution in [0.1, 0.15) is 36.2 Å². The summed E-state index contributed by atoms with van der Waals surface area (Å²) in [6.07, 6.45) is 1.79. The lowest BCUT2D eigenvalue weighted by atomic mass is 10.0. The number of nitrogens with one attached hydrogen (secondary N) is 1. The molecule has 1 aliphatic heterocycles. The minimum absolute atomic E-state index is 0.0155. The molecule has 1 heterocycles. The van der Waals surface area contributed by atoms with Crippen LogP contribution in [0.25, 0.3) is 0 Å². The third-order valence-corrected chi connectivity index (χ3v) is 3.25. The third-order valence-electron chi connectivity index (χ3n) is 3.25. The van der Waals surface area contributed by atoms with Gasteiger partial charge in [-0.3, -0.25) is 4.79 Å². The van der Waals surface area contributed by atoms with Gasteiger partial charge in [0, 0.05) is 24.6 Å². The van der Waals surface area contributed by atoms with Crippen molar-refractivity contribution in [2.75, 3.05) is 13.2 Å². The van der Waals surface area contributed by atoms with Gasteiger partial charge in [0.2, 0.25) is 0 Å². The maximum atomic E-state index is 12.0. The molecule has 4 heteroatoms. The number of rotatable bonds is 5. The smallest absolute Gasteiger partial charge is 0.251 e. The second-order valence-corrected chi connectivity index (χ2v) is 5.52. The van der Waals surface area contributed by atoms with E-state index in [0.717, 1.165) is 24.2 Å². The second-order valence-electron chi connectivity index (χ2n) is 5.52. The van der Waals surface area contributed by atoms with Crippen LogP contribution >= 0.6 is 0 Å². The molecule has 0 radical (unpaired) electrons. The summed E-state index contributed by atoms with van der Waals surface area (Å²) in [5.41, 5.74) is 7.75. The Hall–Kier alpha value is -1.55. The van der Waals surface area contributed by atoms with Crippen LogP contribution in [-0.2, 0) is 6.42 Å². The minimum Gasteiger partial charge on any atom is -0.493 e. The number of carbonyl (C=O) groups excluding carboxylic acids is 1. The van der Waals surface area contributed by atoms with Gasteiger partial charge in [-0.1, -0.05) is 13.8 Å². The topological polar surface area (TPSA) is 64.3 Å². The molecule has 3 N–H and O–H groups in total. The van der Waals surface area contributed by atoms with Gasteiger partial charge in [-0.25, -0.2) is 0 Å². The highest BCUT2D eigenvalue weighted by Gasteiger charge is 2.15. The molecule has 0 saturated carbocycles. The Balaban J connectivity index is 1.90. The zero-order valence-corrected chi connectivity index (χ0v) is 11.6. The lowest BCUT2D eigenvalue weighted by molar-refractivity contribution is 0.0950. The first-order valence-electron chi connectivity index (χ1n) is 6.85. The number of hydrogen-bond acceptors (Lipinski definition) is 3. The molecule has 0 spiro atoms. The Morgan fingerprint density at radius 2 is 2.26 bits per heavy atom. The van der Waals surface area contributed by atoms with Crippen molar-refractivity contribution < 1.29 is 9.53 Å². The van der Waals surface area contributed by atoms with Crippen LogP contribution in [0, 0.1) is 5.92 Å². The van der Waals surface area contributed by atoms with E-state index in [-0.39, 0.29) is 11.9 Å². The van der Waals surface area contributed by atoms with Crippen LogP contribution in [-0.4, -0.2) is 25.1 Å². The summed E-state index contributed by atoms with van der Waals surface area (Å²) in [5.74, 6) is 1.38. The molecule has 0 saturated heterocycles. The number of ether oxygens (including phenoxy) is 1. The SMILES string of the molecule is CC(C)CC(N)CNC(=O)c1ccc2c(c1)CCO2. The van der Waals surface area contributed by atoms with E-state index in [1.54, 1.807) is 6.07 Å². The van der Waals surface area contributed by atoms with E-state index in [2.05, 4.69) is 19.2 Å². The molecular weight excluding hydrogens is 240 g/mol. The quantitative estimate of drug-likeness (QED) is 0.849. The first kappa shape index (κ1) is 13.9. The van der Waals surface area contributed by atoms with E-state index in [4.69, 9.17) is 10.5 Å². The van der Waals surface area contributed by atoms with Crippen molar-refractivity contribution in [3.63, 3.8) is 0 Å². The molecule has 1 amide bonds. The van der Waals surface area contributed by atoms with Gasteiger partial charge >= 0.3 is 0 Å². The first-order chi connectivity index (χ1) is 9.06. The van der Waals surface area contributed by atoms with Crippen molar-refractivity contribution in [1.82, 2.24) is 5.32 Å². The van der Waals surface area contributed by atoms with Gasteiger partial charge in [0.05, 0.1) is 6.61 Å². The molecule has 4 nitrogen and oxygen atoms in total. The van der Waals surface area contributed by atoms with Crippen LogP contribution in [0.3, 0.4) is 0 Å². The second kappa shape index (κ2) is 6.06. The number of carbonyl (C=O) groups is 1. The molecule has 0 aromatic heterocycles. The minimum atomic E-state index is -0.0612. The van der Waals surface area contributed by atoms with Crippen LogP contribution in [0.5, 0.6) is 5.75 Å². The number of amides is 1. The van der Waals surface area contributed by atoms with Gasteiger partial charge in [0.15, 0.2) is 0 Å². The Labute approximate surface area is 114 Å². The normalized spacial score (nSPS) is 14.9. The van der Waals surface area contributed by atoms with Crippen LogP contribution in [0.4, 0.5) is 0 Å². The standard InChI is InChI=1S/C15H22N2O2/c1-10(2)7-13(16)9-17-15(18)12-3-4-14-11(8-12)5-6-19-14/h3-4,8,10,13H,5-7,9,16H2,1-2H3,(H,17,18). The molecule has 2 rings (SSSR count). The average Bonchev–Trinajstić information content (AvgIpc) is 2.82. The molecule has 1 aliphatic rings. The van der Waals surface area contributed by atoms with Crippen molar-refractivity contribution in [2.45, 2.75) is 32.7 Å². The zero-order valence-electron chi connectivity index (χ0n) is 11.6. The summed E-state index contributed by atoms with van der Waals surface area (Å²) in [4.78, 5) is 12.0. The molecule has 1 atom stereocenters. The maximum absolute atomic E-state index is 12.0. The van der Waals surface area contributed by atoms with Crippen molar-refractivity contribution in [3.05, 3.63) is 29.3 Å². The number of benzene rings is 1. The monoisotopic (exact) mass is 262 g/mol. The third kappa shape index (κ3) is 3.70. The Morgan fingerprint density at radius 1 is 1.47 bits per heavy atom. The maximum Gasteiger partial charge on any atom is 0.251 e. The van der Waals surface area contributed by atoms with Crippen molar-refractivity contribution >= 4 is 5.91 Å². The summed E-state index contributed by atoms with van der Waals surface area (Å²) in [6, 6.07) is 5.59.